The quantitative estimate of drug-likeness (QED) is 0.163. The lowest BCUT2D eigenvalue weighted by molar-refractivity contribution is 0.0353. The predicted molar refractivity (Wildman–Crippen MR) is 218 cm³/mol. The van der Waals surface area contributed by atoms with E-state index in [1.54, 1.807) is 52.9 Å². The van der Waals surface area contributed by atoms with Crippen molar-refractivity contribution in [2.45, 2.75) is 45.7 Å². The highest BCUT2D eigenvalue weighted by Gasteiger charge is 2.33. The fourth-order valence-electron chi connectivity index (χ4n) is 7.81. The van der Waals surface area contributed by atoms with Gasteiger partial charge >= 0.3 is 0 Å². The second-order valence-electron chi connectivity index (χ2n) is 14.3. The second-order valence-corrected chi connectivity index (χ2v) is 14.7. The molecule has 1 fully saturated rings. The lowest BCUT2D eigenvalue weighted by Gasteiger charge is -2.38. The molecule has 0 aliphatic carbocycles. The van der Waals surface area contributed by atoms with Crippen molar-refractivity contribution in [2.24, 2.45) is 14.1 Å². The van der Waals surface area contributed by atoms with Crippen LogP contribution in [0.3, 0.4) is 0 Å². The number of hydrogen-bond acceptors (Lipinski definition) is 6. The number of carbonyl (C=O) groups is 2. The molecular formula is C43H46Cl2N6O4. The van der Waals surface area contributed by atoms with Crippen molar-refractivity contribution < 1.29 is 19.4 Å². The third-order valence-corrected chi connectivity index (χ3v) is 11.4. The van der Waals surface area contributed by atoms with Crippen LogP contribution in [0.4, 0.5) is 11.4 Å². The van der Waals surface area contributed by atoms with Gasteiger partial charge in [-0.3, -0.25) is 19.4 Å². The minimum absolute atomic E-state index is 0. The van der Waals surface area contributed by atoms with E-state index in [1.807, 2.05) is 42.5 Å². The van der Waals surface area contributed by atoms with Crippen molar-refractivity contribution in [1.29, 1.82) is 5.26 Å². The van der Waals surface area contributed by atoms with Crippen molar-refractivity contribution >= 4 is 47.2 Å². The number of benzene rings is 3. The van der Waals surface area contributed by atoms with Crippen LogP contribution in [0.15, 0.2) is 78.9 Å². The summed E-state index contributed by atoms with van der Waals surface area (Å²) in [4.78, 5) is 35.6. The standard InChI is InChI=1S/C43H45ClN6O4.ClH/c1-28-38(43(53)50(33-12-14-36(51)15-13-33)40-24-35(26-45)46(3)29(40)2)25-41(47(28)4)39-23-32(44)11-16-37(39)42(52)49-27-31-9-6-5-8-30(31)22-34(49)10-7-17-48-18-20-54-21-19-48;/h5-6,8-9,11-16,23-25,34,51H,7,10,17-22,27H2,1-4H3;1H/t34-;/m1./s1. The van der Waals surface area contributed by atoms with Gasteiger partial charge in [-0.05, 0) is 105 Å². The van der Waals surface area contributed by atoms with Crippen molar-refractivity contribution in [3.8, 4) is 23.1 Å². The number of phenolic OH excluding ortho intramolecular Hbond substituents is 1. The van der Waals surface area contributed by atoms with E-state index in [-0.39, 0.29) is 36.0 Å². The Morgan fingerprint density at radius 1 is 0.927 bits per heavy atom. The first-order valence-corrected chi connectivity index (χ1v) is 18.8. The molecule has 3 aromatic carbocycles. The number of aromatic nitrogens is 2. The molecule has 0 radical (unpaired) electrons. The maximum Gasteiger partial charge on any atom is 0.264 e. The molecule has 2 aliphatic rings. The molecule has 2 amide bonds. The van der Waals surface area contributed by atoms with Crippen molar-refractivity contribution in [1.82, 2.24) is 18.9 Å². The molecule has 286 valence electrons. The van der Waals surface area contributed by atoms with Gasteiger partial charge in [-0.15, -0.1) is 12.4 Å². The highest BCUT2D eigenvalue weighted by molar-refractivity contribution is 6.31. The number of nitrogens with zero attached hydrogens (tertiary/aromatic N) is 6. The van der Waals surface area contributed by atoms with Crippen LogP contribution in [-0.4, -0.2) is 74.7 Å². The van der Waals surface area contributed by atoms with Crippen molar-refractivity contribution in [3.63, 3.8) is 0 Å². The summed E-state index contributed by atoms with van der Waals surface area (Å²) in [5.41, 5.74) is 7.61. The molecule has 4 heterocycles. The summed E-state index contributed by atoms with van der Waals surface area (Å²) >= 11 is 6.66. The molecule has 12 heteroatoms. The Hall–Kier alpha value is -5.05. The van der Waals surface area contributed by atoms with E-state index >= 15 is 0 Å². The molecule has 10 nitrogen and oxygen atoms in total. The van der Waals surface area contributed by atoms with E-state index in [4.69, 9.17) is 16.3 Å². The van der Waals surface area contributed by atoms with Gasteiger partial charge in [-0.25, -0.2) is 0 Å². The smallest absolute Gasteiger partial charge is 0.264 e. The number of fused-ring (bicyclic) bond motifs is 1. The van der Waals surface area contributed by atoms with E-state index in [2.05, 4.69) is 29.2 Å². The number of phenols is 1. The third kappa shape index (κ3) is 7.89. The summed E-state index contributed by atoms with van der Waals surface area (Å²) in [5.74, 6) is -0.323. The molecule has 1 saturated heterocycles. The Morgan fingerprint density at radius 3 is 2.33 bits per heavy atom. The normalized spacial score (nSPS) is 15.6. The molecular weight excluding hydrogens is 735 g/mol. The van der Waals surface area contributed by atoms with E-state index in [1.165, 1.54) is 17.7 Å². The number of carbonyl (C=O) groups excluding carboxylic acids is 2. The molecule has 2 aliphatic heterocycles. The number of aromatic hydroxyl groups is 1. The highest BCUT2D eigenvalue weighted by Crippen LogP contribution is 2.37. The largest absolute Gasteiger partial charge is 0.508 e. The molecule has 0 unspecified atom stereocenters. The molecule has 0 saturated carbocycles. The average Bonchev–Trinajstić information content (AvgIpc) is 3.64. The topological polar surface area (TPSA) is 107 Å². The molecule has 55 heavy (non-hydrogen) atoms. The fourth-order valence-corrected chi connectivity index (χ4v) is 7.98. The molecule has 2 aromatic heterocycles. The van der Waals surface area contributed by atoms with Gasteiger partial charge in [0, 0.05) is 78.7 Å². The molecule has 1 N–H and O–H groups in total. The summed E-state index contributed by atoms with van der Waals surface area (Å²) in [5, 5.41) is 20.3. The number of morpholine rings is 1. The van der Waals surface area contributed by atoms with Crippen LogP contribution >= 0.6 is 24.0 Å². The van der Waals surface area contributed by atoms with E-state index in [0.717, 1.165) is 63.4 Å². The van der Waals surface area contributed by atoms with E-state index in [0.29, 0.717) is 56.7 Å². The summed E-state index contributed by atoms with van der Waals surface area (Å²) in [6, 6.07) is 25.9. The summed E-state index contributed by atoms with van der Waals surface area (Å²) in [6.07, 6.45) is 2.64. The maximum absolute atomic E-state index is 14.9. The van der Waals surface area contributed by atoms with Crippen LogP contribution in [0, 0.1) is 25.2 Å². The summed E-state index contributed by atoms with van der Waals surface area (Å²) in [6.45, 7) is 8.60. The minimum atomic E-state index is -0.318. The van der Waals surface area contributed by atoms with Gasteiger partial charge in [0.05, 0.1) is 24.5 Å². The lowest BCUT2D eigenvalue weighted by atomic mass is 9.90. The first-order valence-electron chi connectivity index (χ1n) is 18.4. The number of ether oxygens (including phenoxy) is 1. The number of hydrogen-bond donors (Lipinski definition) is 1. The Balaban J connectivity index is 0.00000514. The number of halogens is 2. The third-order valence-electron chi connectivity index (χ3n) is 11.2. The van der Waals surface area contributed by atoms with Gasteiger partial charge < -0.3 is 23.9 Å². The number of anilines is 2. The van der Waals surface area contributed by atoms with E-state index < -0.39 is 0 Å². The van der Waals surface area contributed by atoms with Gasteiger partial charge in [0.15, 0.2) is 0 Å². The zero-order valence-corrected chi connectivity index (χ0v) is 33.2. The molecule has 0 bridgehead atoms. The first kappa shape index (κ1) is 39.6. The van der Waals surface area contributed by atoms with Crippen LogP contribution in [0.2, 0.25) is 5.02 Å². The average molecular weight is 782 g/mol. The van der Waals surface area contributed by atoms with Gasteiger partial charge in [-0.2, -0.15) is 5.26 Å². The zero-order valence-electron chi connectivity index (χ0n) is 31.6. The predicted octanol–water partition coefficient (Wildman–Crippen LogP) is 7.96. The molecule has 1 atom stereocenters. The monoisotopic (exact) mass is 780 g/mol. The van der Waals surface area contributed by atoms with Crippen LogP contribution < -0.4 is 4.90 Å². The number of amides is 2. The molecule has 5 aromatic rings. The number of nitriles is 1. The summed E-state index contributed by atoms with van der Waals surface area (Å²) < 4.78 is 9.22. The van der Waals surface area contributed by atoms with Gasteiger partial charge in [0.25, 0.3) is 11.8 Å². The fraction of sp³-hybridized carbons (Fsp3) is 0.326. The number of rotatable bonds is 9. The summed E-state index contributed by atoms with van der Waals surface area (Å²) in [7, 11) is 3.67. The van der Waals surface area contributed by atoms with Gasteiger partial charge in [0.1, 0.15) is 17.5 Å². The van der Waals surface area contributed by atoms with Crippen LogP contribution in [0.25, 0.3) is 11.3 Å². The Bertz CT molecular complexity index is 2250. The maximum atomic E-state index is 14.9. The second kappa shape index (κ2) is 16.8. The first-order chi connectivity index (χ1) is 26.0. The molecule has 7 rings (SSSR count). The van der Waals surface area contributed by atoms with Gasteiger partial charge in [-0.1, -0.05) is 35.9 Å². The van der Waals surface area contributed by atoms with Crippen LogP contribution in [0.5, 0.6) is 5.75 Å². The Labute approximate surface area is 333 Å². The van der Waals surface area contributed by atoms with Crippen molar-refractivity contribution in [2.75, 3.05) is 37.7 Å². The minimum Gasteiger partial charge on any atom is -0.508 e. The van der Waals surface area contributed by atoms with Gasteiger partial charge in [0.2, 0.25) is 0 Å². The van der Waals surface area contributed by atoms with E-state index in [9.17, 15) is 20.0 Å². The van der Waals surface area contributed by atoms with Crippen LogP contribution in [0.1, 0.15) is 61.8 Å². The Kier molecular flexibility index (Phi) is 12.1. The Morgan fingerprint density at radius 2 is 1.64 bits per heavy atom. The highest BCUT2D eigenvalue weighted by atomic mass is 35.5. The van der Waals surface area contributed by atoms with Crippen molar-refractivity contribution in [3.05, 3.63) is 123 Å². The zero-order chi connectivity index (χ0) is 38.1. The SMILES string of the molecule is Cc1c(N(C(=O)c2cc(-c3cc(Cl)ccc3C(=O)N3Cc4ccccc4C[C@H]3CCCN3CCOCC3)n(C)c2C)c2ccc(O)cc2)cc(C#N)n1C.Cl. The van der Waals surface area contributed by atoms with Crippen LogP contribution in [-0.2, 0) is 31.8 Å². The molecule has 0 spiro atoms. The lowest BCUT2D eigenvalue weighted by Crippen LogP contribution is -2.45.